The fraction of sp³-hybridized carbons (Fsp3) is 0.450. The number of hydrogen-bond donors (Lipinski definition) is 1. The number of piperidine rings is 3. The highest BCUT2D eigenvalue weighted by molar-refractivity contribution is 5.64. The van der Waals surface area contributed by atoms with Gasteiger partial charge in [-0.05, 0) is 75.0 Å². The summed E-state index contributed by atoms with van der Waals surface area (Å²) in [6.07, 6.45) is 4.39. The molecular weight excluding hydrogens is 301 g/mol. The fourth-order valence-corrected chi connectivity index (χ4v) is 4.14. The molecule has 126 valence electrons. The molecule has 4 heteroatoms. The summed E-state index contributed by atoms with van der Waals surface area (Å²) in [5.74, 6) is 1.49. The first-order valence-electron chi connectivity index (χ1n) is 8.85. The third-order valence-corrected chi connectivity index (χ3v) is 5.76. The molecule has 1 aromatic heterocycles. The predicted molar refractivity (Wildman–Crippen MR) is 95.5 cm³/mol. The maximum Gasteiger partial charge on any atom is 0.126 e. The number of hydrogen-bond acceptors (Lipinski definition) is 3. The maximum atomic E-state index is 13.7. The van der Waals surface area contributed by atoms with Crippen LogP contribution in [0.1, 0.15) is 25.3 Å². The van der Waals surface area contributed by atoms with E-state index in [1.165, 1.54) is 25.9 Å². The van der Waals surface area contributed by atoms with Crippen LogP contribution in [-0.4, -0.2) is 35.1 Å². The molecule has 0 amide bonds. The van der Waals surface area contributed by atoms with Gasteiger partial charge in [-0.3, -0.25) is 4.90 Å². The molecule has 3 nitrogen and oxygen atoms in total. The number of halogens is 1. The zero-order chi connectivity index (χ0) is 16.7. The van der Waals surface area contributed by atoms with Crippen molar-refractivity contribution in [3.63, 3.8) is 0 Å². The zero-order valence-electron chi connectivity index (χ0n) is 14.3. The molecule has 5 rings (SSSR count). The first-order valence-corrected chi connectivity index (χ1v) is 8.85. The summed E-state index contributed by atoms with van der Waals surface area (Å²) in [5.41, 5.74) is 2.48. The summed E-state index contributed by atoms with van der Waals surface area (Å²) in [4.78, 5) is 7.14. The maximum absolute atomic E-state index is 13.7. The molecule has 0 aliphatic carbocycles. The van der Waals surface area contributed by atoms with Gasteiger partial charge >= 0.3 is 0 Å². The molecule has 0 radical (unpaired) electrons. The monoisotopic (exact) mass is 325 g/mol. The lowest BCUT2D eigenvalue weighted by Gasteiger charge is -2.50. The number of pyridine rings is 1. The van der Waals surface area contributed by atoms with Gasteiger partial charge in [0.1, 0.15) is 11.6 Å². The second kappa shape index (κ2) is 6.17. The highest BCUT2D eigenvalue weighted by atomic mass is 19.1. The number of aromatic nitrogens is 1. The predicted octanol–water partition coefficient (Wildman–Crippen LogP) is 4.09. The van der Waals surface area contributed by atoms with E-state index < -0.39 is 0 Å². The number of nitrogens with one attached hydrogen (secondary N) is 1. The number of benzene rings is 1. The molecule has 3 saturated heterocycles. The van der Waals surface area contributed by atoms with Crippen molar-refractivity contribution < 1.29 is 4.39 Å². The molecular formula is C20H24FN3. The van der Waals surface area contributed by atoms with E-state index in [2.05, 4.69) is 22.1 Å². The molecule has 3 aliphatic rings. The Labute approximate surface area is 142 Å². The summed E-state index contributed by atoms with van der Waals surface area (Å²) in [6, 6.07) is 10.4. The van der Waals surface area contributed by atoms with Crippen molar-refractivity contribution >= 4 is 5.82 Å². The number of aryl methyl sites for hydroxylation is 1. The first kappa shape index (κ1) is 15.6. The van der Waals surface area contributed by atoms with Crippen molar-refractivity contribution in [2.75, 3.05) is 18.4 Å². The second-order valence-corrected chi connectivity index (χ2v) is 7.18. The molecule has 2 aromatic rings. The van der Waals surface area contributed by atoms with Gasteiger partial charge in [0, 0.05) is 23.8 Å². The Balaban J connectivity index is 1.50. The minimum Gasteiger partial charge on any atom is -0.365 e. The first-order chi connectivity index (χ1) is 11.6. The minimum absolute atomic E-state index is 0.171. The van der Waals surface area contributed by atoms with Crippen LogP contribution in [0.2, 0.25) is 0 Å². The van der Waals surface area contributed by atoms with Gasteiger partial charge in [0.15, 0.2) is 0 Å². The smallest absolute Gasteiger partial charge is 0.126 e. The topological polar surface area (TPSA) is 28.2 Å². The average molecular weight is 325 g/mol. The summed E-state index contributed by atoms with van der Waals surface area (Å²) in [5, 5.41) is 3.63. The van der Waals surface area contributed by atoms with Gasteiger partial charge in [-0.25, -0.2) is 9.37 Å². The van der Waals surface area contributed by atoms with Crippen LogP contribution in [0.15, 0.2) is 36.5 Å². The third kappa shape index (κ3) is 2.80. The molecule has 4 heterocycles. The van der Waals surface area contributed by atoms with E-state index in [0.717, 1.165) is 22.9 Å². The van der Waals surface area contributed by atoms with Gasteiger partial charge in [0.25, 0.3) is 0 Å². The van der Waals surface area contributed by atoms with Gasteiger partial charge in [-0.2, -0.15) is 0 Å². The molecule has 2 bridgehead atoms. The van der Waals surface area contributed by atoms with Gasteiger partial charge in [-0.1, -0.05) is 12.1 Å². The van der Waals surface area contributed by atoms with Crippen LogP contribution in [-0.2, 0) is 0 Å². The van der Waals surface area contributed by atoms with Gasteiger partial charge < -0.3 is 5.32 Å². The molecule has 24 heavy (non-hydrogen) atoms. The van der Waals surface area contributed by atoms with E-state index in [1.54, 1.807) is 13.0 Å². The summed E-state index contributed by atoms with van der Waals surface area (Å²) in [6.45, 7) is 6.55. The summed E-state index contributed by atoms with van der Waals surface area (Å²) in [7, 11) is 0. The number of nitrogens with zero attached hydrogens (tertiary/aromatic N) is 2. The highest BCUT2D eigenvalue weighted by Crippen LogP contribution is 2.34. The molecule has 2 atom stereocenters. The fourth-order valence-electron chi connectivity index (χ4n) is 4.14. The minimum atomic E-state index is -0.171. The largest absolute Gasteiger partial charge is 0.365 e. The lowest BCUT2D eigenvalue weighted by Crippen LogP contribution is -2.59. The van der Waals surface area contributed by atoms with Crippen molar-refractivity contribution in [2.45, 2.75) is 38.8 Å². The second-order valence-electron chi connectivity index (χ2n) is 7.18. The number of anilines is 1. The quantitative estimate of drug-likeness (QED) is 0.921. The van der Waals surface area contributed by atoms with Crippen molar-refractivity contribution in [2.24, 2.45) is 5.92 Å². The number of fused-ring (bicyclic) bond motifs is 3. The van der Waals surface area contributed by atoms with Gasteiger partial charge in [-0.15, -0.1) is 0 Å². The molecule has 1 aromatic carbocycles. The van der Waals surface area contributed by atoms with Crippen LogP contribution in [0.5, 0.6) is 0 Å². The van der Waals surface area contributed by atoms with E-state index in [9.17, 15) is 4.39 Å². The lowest BCUT2D eigenvalue weighted by molar-refractivity contribution is 0.0457. The van der Waals surface area contributed by atoms with Crippen LogP contribution >= 0.6 is 0 Å². The van der Waals surface area contributed by atoms with Crippen LogP contribution in [0.3, 0.4) is 0 Å². The van der Waals surface area contributed by atoms with Crippen LogP contribution in [0.4, 0.5) is 10.2 Å². The van der Waals surface area contributed by atoms with Crippen molar-refractivity contribution in [1.29, 1.82) is 0 Å². The van der Waals surface area contributed by atoms with Crippen LogP contribution in [0, 0.1) is 18.7 Å². The summed E-state index contributed by atoms with van der Waals surface area (Å²) < 4.78 is 13.7. The Bertz CT molecular complexity index is 718. The van der Waals surface area contributed by atoms with Crippen LogP contribution < -0.4 is 5.32 Å². The average Bonchev–Trinajstić information content (AvgIpc) is 2.61. The van der Waals surface area contributed by atoms with Crippen molar-refractivity contribution in [1.82, 2.24) is 9.88 Å². The van der Waals surface area contributed by atoms with E-state index in [0.29, 0.717) is 17.6 Å². The van der Waals surface area contributed by atoms with Gasteiger partial charge in [0.05, 0.1) is 0 Å². The standard InChI is InChI=1S/C20H24FN3/c1-13-3-4-16(11-18(13)21)17-5-6-19(22-12-17)23-20-14(2)24-9-7-15(20)8-10-24/h3-6,11-12,14-15,20H,7-10H2,1-2H3,(H,22,23). The van der Waals surface area contributed by atoms with E-state index in [4.69, 9.17) is 0 Å². The van der Waals surface area contributed by atoms with Gasteiger partial charge in [0.2, 0.25) is 0 Å². The Morgan fingerprint density at radius 1 is 1.12 bits per heavy atom. The normalized spacial score (nSPS) is 28.8. The number of rotatable bonds is 3. The summed E-state index contributed by atoms with van der Waals surface area (Å²) >= 11 is 0. The van der Waals surface area contributed by atoms with E-state index in [-0.39, 0.29) is 5.82 Å². The third-order valence-electron chi connectivity index (χ3n) is 5.76. The lowest BCUT2D eigenvalue weighted by atomic mass is 9.79. The molecule has 2 unspecified atom stereocenters. The zero-order valence-corrected chi connectivity index (χ0v) is 14.3. The van der Waals surface area contributed by atoms with E-state index >= 15 is 0 Å². The Kier molecular flexibility index (Phi) is 4.01. The molecule has 3 aliphatic heterocycles. The van der Waals surface area contributed by atoms with Crippen molar-refractivity contribution in [3.05, 3.63) is 47.9 Å². The Hall–Kier alpha value is -1.94. The Morgan fingerprint density at radius 3 is 2.50 bits per heavy atom. The molecule has 1 N–H and O–H groups in total. The van der Waals surface area contributed by atoms with Crippen molar-refractivity contribution in [3.8, 4) is 11.1 Å². The van der Waals surface area contributed by atoms with Crippen LogP contribution in [0.25, 0.3) is 11.1 Å². The molecule has 3 fully saturated rings. The van der Waals surface area contributed by atoms with E-state index in [1.807, 2.05) is 30.5 Å². The molecule has 0 saturated carbocycles. The molecule has 0 spiro atoms. The SMILES string of the molecule is Cc1ccc(-c2ccc(NC3C4CCN(CC4)C3C)nc2)cc1F. The Morgan fingerprint density at radius 2 is 1.88 bits per heavy atom. The highest BCUT2D eigenvalue weighted by Gasteiger charge is 2.39.